The molecule has 2 atom stereocenters. The quantitative estimate of drug-likeness (QED) is 0.720. The average molecular weight is 317 g/mol. The molecule has 0 aliphatic carbocycles. The number of ether oxygens (including phenoxy) is 1. The first-order valence-corrected chi connectivity index (χ1v) is 8.04. The highest BCUT2D eigenvalue weighted by Crippen LogP contribution is 2.28. The van der Waals surface area contributed by atoms with Gasteiger partial charge in [0, 0.05) is 13.7 Å². The monoisotopic (exact) mass is 316 g/mol. The van der Waals surface area contributed by atoms with E-state index in [1.165, 1.54) is 0 Å². The van der Waals surface area contributed by atoms with Crippen LogP contribution in [-0.4, -0.2) is 55.1 Å². The Kier molecular flexibility index (Phi) is 8.26. The lowest BCUT2D eigenvalue weighted by Crippen LogP contribution is -2.36. The molecule has 0 spiro atoms. The molecular formula is C15H29ClN4O. The third-order valence-corrected chi connectivity index (χ3v) is 3.87. The first-order valence-electron chi connectivity index (χ1n) is 7.67. The standard InChI is InChI=1S/C15H29ClN4O/c1-6-8-17-14(13(7-2)21-5)15-12(16)11-18-20(15)10-9-19(3)4/h11,13-14,17H,6-10H2,1-5H3. The predicted octanol–water partition coefficient (Wildman–Crippen LogP) is 2.56. The van der Waals surface area contributed by atoms with E-state index in [4.69, 9.17) is 16.3 Å². The smallest absolute Gasteiger partial charge is 0.0835 e. The second kappa shape index (κ2) is 9.41. The van der Waals surface area contributed by atoms with Gasteiger partial charge < -0.3 is 15.0 Å². The minimum absolute atomic E-state index is 0.0668. The zero-order valence-corrected chi connectivity index (χ0v) is 14.7. The van der Waals surface area contributed by atoms with Gasteiger partial charge in [-0.1, -0.05) is 25.4 Å². The van der Waals surface area contributed by atoms with E-state index in [9.17, 15) is 0 Å². The van der Waals surface area contributed by atoms with E-state index in [-0.39, 0.29) is 12.1 Å². The van der Waals surface area contributed by atoms with Crippen molar-refractivity contribution in [1.29, 1.82) is 0 Å². The van der Waals surface area contributed by atoms with Gasteiger partial charge in [-0.25, -0.2) is 0 Å². The van der Waals surface area contributed by atoms with Crippen LogP contribution in [0, 0.1) is 0 Å². The SMILES string of the molecule is CCCNC(c1c(Cl)cnn1CCN(C)C)C(CC)OC. The summed E-state index contributed by atoms with van der Waals surface area (Å²) in [5.41, 5.74) is 1.03. The number of hydrogen-bond donors (Lipinski definition) is 1. The van der Waals surface area contributed by atoms with E-state index in [2.05, 4.69) is 43.3 Å². The highest BCUT2D eigenvalue weighted by molar-refractivity contribution is 6.31. The molecular weight excluding hydrogens is 288 g/mol. The molecule has 1 rings (SSSR count). The van der Waals surface area contributed by atoms with Gasteiger partial charge in [0.25, 0.3) is 0 Å². The number of likely N-dealkylation sites (N-methyl/N-ethyl adjacent to an activating group) is 1. The van der Waals surface area contributed by atoms with E-state index in [0.29, 0.717) is 5.02 Å². The number of hydrogen-bond acceptors (Lipinski definition) is 4. The molecule has 2 unspecified atom stereocenters. The van der Waals surface area contributed by atoms with Crippen LogP contribution in [0.25, 0.3) is 0 Å². The van der Waals surface area contributed by atoms with Gasteiger partial charge in [-0.2, -0.15) is 5.10 Å². The van der Waals surface area contributed by atoms with E-state index >= 15 is 0 Å². The molecule has 0 aromatic carbocycles. The van der Waals surface area contributed by atoms with Crippen LogP contribution in [0.5, 0.6) is 0 Å². The topological polar surface area (TPSA) is 42.3 Å². The molecule has 1 aromatic rings. The zero-order chi connectivity index (χ0) is 15.8. The van der Waals surface area contributed by atoms with E-state index in [1.807, 2.05) is 4.68 Å². The number of methoxy groups -OCH3 is 1. The maximum atomic E-state index is 6.40. The summed E-state index contributed by atoms with van der Waals surface area (Å²) in [4.78, 5) is 2.14. The Hall–Kier alpha value is -0.620. The molecule has 5 nitrogen and oxygen atoms in total. The Morgan fingerprint density at radius 2 is 2.14 bits per heavy atom. The minimum atomic E-state index is 0.0668. The fourth-order valence-corrected chi connectivity index (χ4v) is 2.66. The fourth-order valence-electron chi connectivity index (χ4n) is 2.40. The van der Waals surface area contributed by atoms with Crippen LogP contribution in [0.15, 0.2) is 6.20 Å². The molecule has 0 aliphatic rings. The van der Waals surface area contributed by atoms with Crippen molar-refractivity contribution in [3.8, 4) is 0 Å². The van der Waals surface area contributed by atoms with Crippen molar-refractivity contribution in [3.63, 3.8) is 0 Å². The van der Waals surface area contributed by atoms with Crippen LogP contribution in [0.3, 0.4) is 0 Å². The van der Waals surface area contributed by atoms with Gasteiger partial charge in [0.05, 0.1) is 35.6 Å². The molecule has 0 saturated carbocycles. The molecule has 6 heteroatoms. The maximum Gasteiger partial charge on any atom is 0.0835 e. The van der Waals surface area contributed by atoms with Gasteiger partial charge in [0.15, 0.2) is 0 Å². The molecule has 0 amide bonds. The van der Waals surface area contributed by atoms with Crippen molar-refractivity contribution < 1.29 is 4.74 Å². The number of aromatic nitrogens is 2. The summed E-state index contributed by atoms with van der Waals surface area (Å²) in [6.45, 7) is 6.96. The number of nitrogens with one attached hydrogen (secondary N) is 1. The molecule has 0 aliphatic heterocycles. The first kappa shape index (κ1) is 18.4. The van der Waals surface area contributed by atoms with Gasteiger partial charge in [-0.05, 0) is 33.5 Å². The van der Waals surface area contributed by atoms with Crippen molar-refractivity contribution in [2.45, 2.75) is 45.4 Å². The van der Waals surface area contributed by atoms with Crippen molar-refractivity contribution in [2.24, 2.45) is 0 Å². The molecule has 1 heterocycles. The number of nitrogens with zero attached hydrogens (tertiary/aromatic N) is 3. The van der Waals surface area contributed by atoms with Gasteiger partial charge in [0.2, 0.25) is 0 Å². The minimum Gasteiger partial charge on any atom is -0.379 e. The zero-order valence-electron chi connectivity index (χ0n) is 13.9. The van der Waals surface area contributed by atoms with E-state index < -0.39 is 0 Å². The maximum absolute atomic E-state index is 6.40. The van der Waals surface area contributed by atoms with E-state index in [0.717, 1.165) is 38.2 Å². The summed E-state index contributed by atoms with van der Waals surface area (Å²) >= 11 is 6.40. The summed E-state index contributed by atoms with van der Waals surface area (Å²) in [5.74, 6) is 0. The fraction of sp³-hybridized carbons (Fsp3) is 0.800. The second-order valence-corrected chi connectivity index (χ2v) is 5.93. The Morgan fingerprint density at radius 1 is 1.43 bits per heavy atom. The molecule has 0 fully saturated rings. The van der Waals surface area contributed by atoms with Gasteiger partial charge in [-0.15, -0.1) is 0 Å². The van der Waals surface area contributed by atoms with E-state index in [1.54, 1.807) is 13.3 Å². The van der Waals surface area contributed by atoms with Crippen molar-refractivity contribution in [3.05, 3.63) is 16.9 Å². The van der Waals surface area contributed by atoms with Gasteiger partial charge in [0.1, 0.15) is 0 Å². The highest BCUT2D eigenvalue weighted by atomic mass is 35.5. The van der Waals surface area contributed by atoms with Crippen molar-refractivity contribution in [2.75, 3.05) is 34.3 Å². The number of halogens is 1. The normalized spacial score (nSPS) is 14.6. The Bertz CT molecular complexity index is 404. The summed E-state index contributed by atoms with van der Waals surface area (Å²) in [5, 5.41) is 8.70. The van der Waals surface area contributed by atoms with Crippen molar-refractivity contribution in [1.82, 2.24) is 20.0 Å². The van der Waals surface area contributed by atoms with Crippen LogP contribution in [0.2, 0.25) is 5.02 Å². The lowest BCUT2D eigenvalue weighted by atomic mass is 10.0. The Balaban J connectivity index is 3.01. The average Bonchev–Trinajstić information content (AvgIpc) is 2.82. The Labute approximate surface area is 133 Å². The molecule has 1 N–H and O–H groups in total. The second-order valence-electron chi connectivity index (χ2n) is 5.52. The molecule has 122 valence electrons. The van der Waals surface area contributed by atoms with Crippen LogP contribution in [0.1, 0.15) is 38.4 Å². The van der Waals surface area contributed by atoms with Crippen LogP contribution < -0.4 is 5.32 Å². The van der Waals surface area contributed by atoms with Crippen LogP contribution in [-0.2, 0) is 11.3 Å². The lowest BCUT2D eigenvalue weighted by molar-refractivity contribution is 0.0621. The highest BCUT2D eigenvalue weighted by Gasteiger charge is 2.27. The largest absolute Gasteiger partial charge is 0.379 e. The molecule has 0 radical (unpaired) electrons. The molecule has 0 saturated heterocycles. The van der Waals surface area contributed by atoms with Crippen molar-refractivity contribution >= 4 is 11.6 Å². The summed E-state index contributed by atoms with van der Waals surface area (Å²) in [6.07, 6.45) is 3.81. The third-order valence-electron chi connectivity index (χ3n) is 3.58. The first-order chi connectivity index (χ1) is 10.0. The van der Waals surface area contributed by atoms with Crippen LogP contribution in [0.4, 0.5) is 0 Å². The Morgan fingerprint density at radius 3 is 2.67 bits per heavy atom. The molecule has 21 heavy (non-hydrogen) atoms. The molecule has 0 bridgehead atoms. The lowest BCUT2D eigenvalue weighted by Gasteiger charge is -2.27. The number of rotatable bonds is 10. The summed E-state index contributed by atoms with van der Waals surface area (Å²) < 4.78 is 7.64. The van der Waals surface area contributed by atoms with Gasteiger partial charge in [-0.3, -0.25) is 4.68 Å². The van der Waals surface area contributed by atoms with Gasteiger partial charge >= 0.3 is 0 Å². The molecule has 1 aromatic heterocycles. The summed E-state index contributed by atoms with van der Waals surface area (Å²) in [7, 11) is 5.87. The van der Waals surface area contributed by atoms with Crippen LogP contribution >= 0.6 is 11.6 Å². The third kappa shape index (κ3) is 5.25. The summed E-state index contributed by atoms with van der Waals surface area (Å²) in [6, 6.07) is 0.0668. The predicted molar refractivity (Wildman–Crippen MR) is 87.9 cm³/mol.